The molecule has 0 bridgehead atoms. The van der Waals surface area contributed by atoms with Crippen LogP contribution in [0.5, 0.6) is 0 Å². The number of hydrogen-bond donors (Lipinski definition) is 1. The third kappa shape index (κ3) is 2.69. The Bertz CT molecular complexity index is 573. The molecule has 92 valence electrons. The van der Waals surface area contributed by atoms with Crippen LogP contribution in [0, 0.1) is 11.8 Å². The second-order valence-electron chi connectivity index (χ2n) is 4.16. The number of nitrogens with one attached hydrogen (secondary N) is 1. The van der Waals surface area contributed by atoms with Crippen molar-refractivity contribution in [3.8, 4) is 11.8 Å². The van der Waals surface area contributed by atoms with Gasteiger partial charge < -0.3 is 5.32 Å². The zero-order chi connectivity index (χ0) is 12.8. The van der Waals surface area contributed by atoms with Gasteiger partial charge in [-0.2, -0.15) is 0 Å². The molecule has 0 aliphatic rings. The first-order chi connectivity index (χ1) is 8.86. The van der Waals surface area contributed by atoms with E-state index in [0.717, 1.165) is 18.5 Å². The van der Waals surface area contributed by atoms with Crippen molar-refractivity contribution in [3.05, 3.63) is 42.1 Å². The van der Waals surface area contributed by atoms with Gasteiger partial charge in [0.2, 0.25) is 0 Å². The lowest BCUT2D eigenvalue weighted by Crippen LogP contribution is -2.20. The van der Waals surface area contributed by atoms with Gasteiger partial charge in [-0.3, -0.25) is 4.98 Å². The molecule has 0 aliphatic heterocycles. The number of aromatic nitrogens is 1. The quantitative estimate of drug-likeness (QED) is 0.827. The number of pyridine rings is 1. The van der Waals surface area contributed by atoms with Crippen LogP contribution in [-0.2, 0) is 0 Å². The molecule has 2 nitrogen and oxygen atoms in total. The van der Waals surface area contributed by atoms with E-state index in [4.69, 9.17) is 0 Å². The molecular weight excluding hydrogens is 220 g/mol. The number of nitrogens with zero attached hydrogens (tertiary/aromatic N) is 1. The molecule has 18 heavy (non-hydrogen) atoms. The van der Waals surface area contributed by atoms with E-state index in [1.165, 1.54) is 10.9 Å². The third-order valence-electron chi connectivity index (χ3n) is 2.99. The van der Waals surface area contributed by atoms with E-state index >= 15 is 0 Å². The molecule has 1 atom stereocenters. The molecule has 1 unspecified atom stereocenters. The predicted molar refractivity (Wildman–Crippen MR) is 76.2 cm³/mol. The van der Waals surface area contributed by atoms with Gasteiger partial charge in [0.15, 0.2) is 0 Å². The van der Waals surface area contributed by atoms with E-state index in [1.54, 1.807) is 0 Å². The summed E-state index contributed by atoms with van der Waals surface area (Å²) in [5.41, 5.74) is 2.33. The summed E-state index contributed by atoms with van der Waals surface area (Å²) in [4.78, 5) is 4.40. The van der Waals surface area contributed by atoms with Gasteiger partial charge in [-0.05, 0) is 31.2 Å². The Kier molecular flexibility index (Phi) is 4.33. The molecule has 1 N–H and O–H groups in total. The molecule has 0 radical (unpaired) electrons. The minimum absolute atomic E-state index is 0.273. The molecule has 1 heterocycles. The van der Waals surface area contributed by atoms with E-state index in [9.17, 15) is 0 Å². The zero-order valence-electron chi connectivity index (χ0n) is 10.9. The molecule has 0 fully saturated rings. The van der Waals surface area contributed by atoms with Gasteiger partial charge in [0.1, 0.15) is 0 Å². The predicted octanol–water partition coefficient (Wildman–Crippen LogP) is 3.30. The molecule has 2 heteroatoms. The molecule has 0 saturated heterocycles. The van der Waals surface area contributed by atoms with Gasteiger partial charge in [0.25, 0.3) is 0 Å². The topological polar surface area (TPSA) is 24.9 Å². The van der Waals surface area contributed by atoms with Crippen molar-refractivity contribution in [1.82, 2.24) is 10.3 Å². The summed E-state index contributed by atoms with van der Waals surface area (Å²) in [5.74, 6) is 6.13. The van der Waals surface area contributed by atoms with Crippen LogP contribution in [0.25, 0.3) is 10.9 Å². The van der Waals surface area contributed by atoms with Crippen LogP contribution >= 0.6 is 0 Å². The van der Waals surface area contributed by atoms with Crippen molar-refractivity contribution in [2.24, 2.45) is 0 Å². The Hall–Kier alpha value is -1.85. The summed E-state index contributed by atoms with van der Waals surface area (Å²) < 4.78 is 0. The van der Waals surface area contributed by atoms with Gasteiger partial charge >= 0.3 is 0 Å². The SMILES string of the molecule is CC#CCC(NCC)c1cccc2ncccc12. The molecule has 0 spiro atoms. The summed E-state index contributed by atoms with van der Waals surface area (Å²) in [6.07, 6.45) is 2.67. The molecule has 0 saturated carbocycles. The maximum atomic E-state index is 4.40. The molecule has 0 aliphatic carbocycles. The van der Waals surface area contributed by atoms with Crippen molar-refractivity contribution >= 4 is 10.9 Å². The first-order valence-electron chi connectivity index (χ1n) is 6.33. The van der Waals surface area contributed by atoms with Gasteiger partial charge in [-0.15, -0.1) is 11.8 Å². The van der Waals surface area contributed by atoms with Gasteiger partial charge in [-0.25, -0.2) is 0 Å². The van der Waals surface area contributed by atoms with E-state index in [2.05, 4.69) is 47.3 Å². The van der Waals surface area contributed by atoms with Crippen LogP contribution in [0.1, 0.15) is 31.9 Å². The number of hydrogen-bond acceptors (Lipinski definition) is 2. The summed E-state index contributed by atoms with van der Waals surface area (Å²) in [6, 6.07) is 10.7. The second-order valence-corrected chi connectivity index (χ2v) is 4.16. The average molecular weight is 238 g/mol. The number of rotatable bonds is 4. The van der Waals surface area contributed by atoms with E-state index in [1.807, 2.05) is 25.3 Å². The summed E-state index contributed by atoms with van der Waals surface area (Å²) in [7, 11) is 0. The zero-order valence-corrected chi connectivity index (χ0v) is 10.9. The van der Waals surface area contributed by atoms with Crippen molar-refractivity contribution in [3.63, 3.8) is 0 Å². The maximum absolute atomic E-state index is 4.40. The van der Waals surface area contributed by atoms with Crippen LogP contribution in [0.2, 0.25) is 0 Å². The molecule has 2 rings (SSSR count). The van der Waals surface area contributed by atoms with Crippen LogP contribution < -0.4 is 5.32 Å². The average Bonchev–Trinajstić information content (AvgIpc) is 2.43. The minimum Gasteiger partial charge on any atom is -0.309 e. The molecular formula is C16H18N2. The van der Waals surface area contributed by atoms with Crippen LogP contribution in [0.15, 0.2) is 36.5 Å². The Morgan fingerprint density at radius 2 is 2.17 bits per heavy atom. The van der Waals surface area contributed by atoms with Crippen molar-refractivity contribution in [2.45, 2.75) is 26.3 Å². The van der Waals surface area contributed by atoms with Crippen LogP contribution in [0.4, 0.5) is 0 Å². The summed E-state index contributed by atoms with van der Waals surface area (Å²) in [5, 5.41) is 4.71. The maximum Gasteiger partial charge on any atom is 0.0705 e. The molecule has 1 aromatic carbocycles. The van der Waals surface area contributed by atoms with Gasteiger partial charge in [0, 0.05) is 24.0 Å². The monoisotopic (exact) mass is 238 g/mol. The highest BCUT2D eigenvalue weighted by atomic mass is 14.9. The lowest BCUT2D eigenvalue weighted by atomic mass is 9.99. The highest BCUT2D eigenvalue weighted by Crippen LogP contribution is 2.24. The van der Waals surface area contributed by atoms with Crippen molar-refractivity contribution < 1.29 is 0 Å². The highest BCUT2D eigenvalue weighted by Gasteiger charge is 2.12. The van der Waals surface area contributed by atoms with Gasteiger partial charge in [0.05, 0.1) is 5.52 Å². The summed E-state index contributed by atoms with van der Waals surface area (Å²) >= 11 is 0. The fourth-order valence-electron chi connectivity index (χ4n) is 2.17. The van der Waals surface area contributed by atoms with E-state index < -0.39 is 0 Å². The Morgan fingerprint density at radius 3 is 2.94 bits per heavy atom. The molecule has 1 aromatic heterocycles. The highest BCUT2D eigenvalue weighted by molar-refractivity contribution is 5.82. The second kappa shape index (κ2) is 6.18. The smallest absolute Gasteiger partial charge is 0.0705 e. The van der Waals surface area contributed by atoms with Gasteiger partial charge in [-0.1, -0.05) is 25.1 Å². The number of fused-ring (bicyclic) bond motifs is 1. The van der Waals surface area contributed by atoms with E-state index in [-0.39, 0.29) is 6.04 Å². The molecule has 0 amide bonds. The Morgan fingerprint density at radius 1 is 1.28 bits per heavy atom. The standard InChI is InChI=1S/C16H18N2/c1-3-5-10-15(17-4-2)13-8-6-11-16-14(13)9-7-12-18-16/h6-9,11-12,15,17H,4,10H2,1-2H3. The molecule has 2 aromatic rings. The largest absolute Gasteiger partial charge is 0.309 e. The fourth-order valence-corrected chi connectivity index (χ4v) is 2.17. The number of benzene rings is 1. The minimum atomic E-state index is 0.273. The normalized spacial score (nSPS) is 11.9. The van der Waals surface area contributed by atoms with Crippen LogP contribution in [0.3, 0.4) is 0 Å². The van der Waals surface area contributed by atoms with Crippen molar-refractivity contribution in [2.75, 3.05) is 6.54 Å². The summed E-state index contributed by atoms with van der Waals surface area (Å²) in [6.45, 7) is 4.94. The lowest BCUT2D eigenvalue weighted by Gasteiger charge is -2.17. The third-order valence-corrected chi connectivity index (χ3v) is 2.99. The van der Waals surface area contributed by atoms with Crippen LogP contribution in [-0.4, -0.2) is 11.5 Å². The lowest BCUT2D eigenvalue weighted by molar-refractivity contribution is 0.568. The Labute approximate surface area is 108 Å². The Balaban J connectivity index is 2.44. The van der Waals surface area contributed by atoms with E-state index in [0.29, 0.717) is 0 Å². The first kappa shape index (κ1) is 12.6. The fraction of sp³-hybridized carbons (Fsp3) is 0.312. The van der Waals surface area contributed by atoms with Crippen molar-refractivity contribution in [1.29, 1.82) is 0 Å². The first-order valence-corrected chi connectivity index (χ1v) is 6.33.